The van der Waals surface area contributed by atoms with Crippen LogP contribution in [-0.4, -0.2) is 53.9 Å². The molecule has 0 aromatic carbocycles. The molecule has 2 aliphatic heterocycles. The zero-order valence-electron chi connectivity index (χ0n) is 16.8. The van der Waals surface area contributed by atoms with E-state index in [1.807, 2.05) is 27.7 Å². The average Bonchev–Trinajstić information content (AvgIpc) is 2.62. The van der Waals surface area contributed by atoms with Gasteiger partial charge in [-0.2, -0.15) is 0 Å². The molecule has 0 aromatic heterocycles. The molecule has 2 aliphatic rings. The summed E-state index contributed by atoms with van der Waals surface area (Å²) >= 11 is 0. The van der Waals surface area contributed by atoms with Crippen molar-refractivity contribution in [1.82, 2.24) is 4.90 Å². The number of alkyl halides is 2. The van der Waals surface area contributed by atoms with Gasteiger partial charge in [0.05, 0.1) is 17.2 Å². The van der Waals surface area contributed by atoms with Crippen molar-refractivity contribution in [3.05, 3.63) is 11.5 Å². The summed E-state index contributed by atoms with van der Waals surface area (Å²) in [5, 5.41) is 0. The molecule has 1 saturated heterocycles. The molecule has 1 unspecified atom stereocenters. The maximum Gasteiger partial charge on any atom is 0.490 e. The summed E-state index contributed by atoms with van der Waals surface area (Å²) in [6.45, 7) is 13.0. The maximum absolute atomic E-state index is 13.6. The molecule has 0 bridgehead atoms. The predicted molar refractivity (Wildman–Crippen MR) is 96.1 cm³/mol. The number of nitrogens with zero attached hydrogens (tertiary/aromatic N) is 1. The number of carbonyl (C=O) groups excluding carboxylic acids is 1. The Morgan fingerprint density at radius 1 is 1.27 bits per heavy atom. The van der Waals surface area contributed by atoms with Crippen LogP contribution in [0.15, 0.2) is 11.5 Å². The molecule has 5 nitrogen and oxygen atoms in total. The molecular formula is C18H30BF2NO4. The lowest BCUT2D eigenvalue weighted by Crippen LogP contribution is -2.46. The van der Waals surface area contributed by atoms with Crippen molar-refractivity contribution in [1.29, 1.82) is 0 Å². The van der Waals surface area contributed by atoms with Crippen LogP contribution in [0.2, 0.25) is 0 Å². The number of allylic oxidation sites excluding steroid dienone is 1. The smallest absolute Gasteiger partial charge is 0.444 e. The Bertz CT molecular complexity index is 556. The summed E-state index contributed by atoms with van der Waals surface area (Å²) in [6.07, 6.45) is -1.10. The van der Waals surface area contributed by atoms with Gasteiger partial charge in [-0.3, -0.25) is 4.90 Å². The van der Waals surface area contributed by atoms with Crippen molar-refractivity contribution in [2.75, 3.05) is 6.54 Å². The molecule has 0 saturated carbocycles. The van der Waals surface area contributed by atoms with Crippen LogP contribution in [0, 0.1) is 0 Å². The highest BCUT2D eigenvalue weighted by atomic mass is 19.3. The van der Waals surface area contributed by atoms with Gasteiger partial charge in [-0.1, -0.05) is 6.08 Å². The van der Waals surface area contributed by atoms with Crippen LogP contribution in [0.1, 0.15) is 61.3 Å². The fraction of sp³-hybridized carbons (Fsp3) is 0.833. The molecule has 1 amide bonds. The molecule has 2 rings (SSSR count). The van der Waals surface area contributed by atoms with E-state index in [2.05, 4.69) is 0 Å². The third-order valence-corrected chi connectivity index (χ3v) is 5.15. The van der Waals surface area contributed by atoms with Crippen LogP contribution >= 0.6 is 0 Å². The number of amides is 1. The van der Waals surface area contributed by atoms with Crippen LogP contribution in [-0.2, 0) is 14.0 Å². The van der Waals surface area contributed by atoms with Crippen molar-refractivity contribution in [3.8, 4) is 0 Å². The second-order valence-corrected chi connectivity index (χ2v) is 8.94. The van der Waals surface area contributed by atoms with E-state index in [9.17, 15) is 13.6 Å². The third-order valence-electron chi connectivity index (χ3n) is 5.15. The van der Waals surface area contributed by atoms with E-state index >= 15 is 0 Å². The molecule has 0 N–H and O–H groups in total. The van der Waals surface area contributed by atoms with E-state index < -0.39 is 42.5 Å². The summed E-state index contributed by atoms with van der Waals surface area (Å²) in [4.78, 5) is 13.5. The van der Waals surface area contributed by atoms with Crippen molar-refractivity contribution in [2.45, 2.75) is 90.6 Å². The minimum absolute atomic E-state index is 0.0450. The fourth-order valence-electron chi connectivity index (χ4n) is 2.92. The molecule has 148 valence electrons. The molecule has 0 aliphatic carbocycles. The van der Waals surface area contributed by atoms with Crippen LogP contribution in [0.4, 0.5) is 13.6 Å². The highest BCUT2D eigenvalue weighted by Crippen LogP contribution is 2.40. The lowest BCUT2D eigenvalue weighted by molar-refractivity contribution is -0.0121. The number of hydrogen-bond donors (Lipinski definition) is 0. The number of carbonyl (C=O) groups is 1. The normalized spacial score (nSPS) is 25.9. The van der Waals surface area contributed by atoms with Crippen LogP contribution in [0.25, 0.3) is 0 Å². The Morgan fingerprint density at radius 3 is 2.27 bits per heavy atom. The van der Waals surface area contributed by atoms with Gasteiger partial charge in [-0.25, -0.2) is 13.6 Å². The topological polar surface area (TPSA) is 48.0 Å². The number of ether oxygens (including phenoxy) is 1. The van der Waals surface area contributed by atoms with Gasteiger partial charge in [-0.05, 0) is 66.8 Å². The van der Waals surface area contributed by atoms with Gasteiger partial charge in [0.2, 0.25) is 0 Å². The first-order valence-electron chi connectivity index (χ1n) is 9.06. The Kier molecular flexibility index (Phi) is 5.79. The first-order chi connectivity index (χ1) is 11.7. The zero-order valence-corrected chi connectivity index (χ0v) is 16.8. The van der Waals surface area contributed by atoms with E-state index in [-0.39, 0.29) is 13.0 Å². The molecule has 1 atom stereocenters. The molecule has 26 heavy (non-hydrogen) atoms. The number of halogens is 2. The molecule has 1 fully saturated rings. The monoisotopic (exact) mass is 373 g/mol. The largest absolute Gasteiger partial charge is 0.490 e. The maximum atomic E-state index is 13.6. The van der Waals surface area contributed by atoms with Crippen molar-refractivity contribution < 1.29 is 27.6 Å². The minimum Gasteiger partial charge on any atom is -0.444 e. The SMILES string of the molecule is CC(C)(C)OC(=O)N1CC=C(B2OC(C)(C)C(C)(C)O2)CCC1C(F)F. The van der Waals surface area contributed by atoms with Gasteiger partial charge in [0.15, 0.2) is 0 Å². The fourth-order valence-corrected chi connectivity index (χ4v) is 2.92. The lowest BCUT2D eigenvalue weighted by Gasteiger charge is -2.32. The summed E-state index contributed by atoms with van der Waals surface area (Å²) in [7, 11) is -0.586. The minimum atomic E-state index is -2.64. The highest BCUT2D eigenvalue weighted by molar-refractivity contribution is 6.54. The summed E-state index contributed by atoms with van der Waals surface area (Å²) in [5.74, 6) is 0. The number of rotatable bonds is 2. The number of hydrogen-bond acceptors (Lipinski definition) is 4. The summed E-state index contributed by atoms with van der Waals surface area (Å²) in [5.41, 5.74) is -0.954. The van der Waals surface area contributed by atoms with Crippen molar-refractivity contribution >= 4 is 13.2 Å². The molecular weight excluding hydrogens is 343 g/mol. The van der Waals surface area contributed by atoms with Crippen molar-refractivity contribution in [2.24, 2.45) is 0 Å². The van der Waals surface area contributed by atoms with E-state index in [4.69, 9.17) is 14.0 Å². The van der Waals surface area contributed by atoms with E-state index in [0.717, 1.165) is 10.4 Å². The third kappa shape index (κ3) is 4.57. The van der Waals surface area contributed by atoms with E-state index in [1.165, 1.54) is 0 Å². The van der Waals surface area contributed by atoms with E-state index in [1.54, 1.807) is 26.8 Å². The molecule has 8 heteroatoms. The predicted octanol–water partition coefficient (Wildman–Crippen LogP) is 4.21. The second-order valence-electron chi connectivity index (χ2n) is 8.94. The molecule has 0 aromatic rings. The second kappa shape index (κ2) is 7.11. The zero-order chi connectivity index (χ0) is 19.9. The van der Waals surface area contributed by atoms with E-state index in [0.29, 0.717) is 6.42 Å². The van der Waals surface area contributed by atoms with Gasteiger partial charge < -0.3 is 14.0 Å². The molecule has 2 heterocycles. The van der Waals surface area contributed by atoms with Gasteiger partial charge in [0, 0.05) is 6.54 Å². The van der Waals surface area contributed by atoms with Gasteiger partial charge in [-0.15, -0.1) is 0 Å². The Labute approximate surface area is 155 Å². The van der Waals surface area contributed by atoms with Crippen molar-refractivity contribution in [3.63, 3.8) is 0 Å². The molecule has 0 radical (unpaired) electrons. The van der Waals surface area contributed by atoms with Gasteiger partial charge in [0.1, 0.15) is 5.60 Å². The van der Waals surface area contributed by atoms with Crippen LogP contribution in [0.5, 0.6) is 0 Å². The first kappa shape index (κ1) is 21.2. The first-order valence-corrected chi connectivity index (χ1v) is 9.06. The summed E-state index contributed by atoms with van der Waals surface area (Å²) in [6, 6.07) is -1.19. The highest BCUT2D eigenvalue weighted by Gasteiger charge is 2.52. The Balaban J connectivity index is 2.18. The summed E-state index contributed by atoms with van der Waals surface area (Å²) < 4.78 is 44.5. The van der Waals surface area contributed by atoms with Crippen LogP contribution in [0.3, 0.4) is 0 Å². The Hall–Kier alpha value is -1.15. The van der Waals surface area contributed by atoms with Gasteiger partial charge >= 0.3 is 13.2 Å². The van der Waals surface area contributed by atoms with Gasteiger partial charge in [0.25, 0.3) is 6.43 Å². The average molecular weight is 373 g/mol. The quantitative estimate of drug-likeness (QED) is 0.681. The Morgan fingerprint density at radius 2 is 1.81 bits per heavy atom. The lowest BCUT2D eigenvalue weighted by atomic mass is 9.75. The standard InChI is InChI=1S/C18H30BF2NO4/c1-16(2,3)24-15(23)22-11-10-12(8-9-13(22)14(20)21)19-25-17(4,5)18(6,7)26-19/h10,13-14H,8-9,11H2,1-7H3. The molecule has 0 spiro atoms. The van der Waals surface area contributed by atoms with Crippen LogP contribution < -0.4 is 0 Å².